The topological polar surface area (TPSA) is 41.2 Å². The van der Waals surface area contributed by atoms with Crippen molar-refractivity contribution in [3.63, 3.8) is 0 Å². The molecule has 4 nitrogen and oxygen atoms in total. The molecule has 2 aromatic carbocycles. The number of ether oxygens (including phenoxy) is 1. The fourth-order valence-electron chi connectivity index (χ4n) is 3.44. The van der Waals surface area contributed by atoms with Crippen molar-refractivity contribution in [3.8, 4) is 6.07 Å². The van der Waals surface area contributed by atoms with E-state index in [1.165, 1.54) is 6.07 Å². The summed E-state index contributed by atoms with van der Waals surface area (Å²) in [6, 6.07) is 20.9. The van der Waals surface area contributed by atoms with E-state index in [9.17, 15) is 9.65 Å². The lowest BCUT2D eigenvalue weighted by Gasteiger charge is -2.24. The second-order valence-corrected chi connectivity index (χ2v) is 7.04. The summed E-state index contributed by atoms with van der Waals surface area (Å²) in [5, 5.41) is 9.41. The highest BCUT2D eigenvalue weighted by atomic mass is 19.1. The van der Waals surface area contributed by atoms with Crippen LogP contribution in [0.15, 0.2) is 66.9 Å². The summed E-state index contributed by atoms with van der Waals surface area (Å²) in [7, 11) is 1.70. The van der Waals surface area contributed by atoms with E-state index in [0.29, 0.717) is 37.4 Å². The Kier molecular flexibility index (Phi) is 7.57. The van der Waals surface area contributed by atoms with Crippen LogP contribution in [0.4, 0.5) is 4.39 Å². The molecular formula is C24H26FN3O. The van der Waals surface area contributed by atoms with Crippen molar-refractivity contribution in [1.29, 1.82) is 5.26 Å². The number of aromatic nitrogens is 1. The van der Waals surface area contributed by atoms with Crippen LogP contribution >= 0.6 is 0 Å². The molecule has 0 bridgehead atoms. The van der Waals surface area contributed by atoms with Crippen LogP contribution in [0, 0.1) is 17.1 Å². The van der Waals surface area contributed by atoms with E-state index in [0.717, 1.165) is 24.2 Å². The van der Waals surface area contributed by atoms with Crippen LogP contribution in [-0.4, -0.2) is 29.7 Å². The lowest BCUT2D eigenvalue weighted by molar-refractivity contribution is 0.165. The van der Waals surface area contributed by atoms with Crippen LogP contribution in [-0.2, 0) is 24.4 Å². The van der Waals surface area contributed by atoms with Crippen LogP contribution in [0.2, 0.25) is 0 Å². The maximum atomic E-state index is 14.1. The van der Waals surface area contributed by atoms with Crippen LogP contribution in [0.1, 0.15) is 28.8 Å². The Morgan fingerprint density at radius 2 is 1.76 bits per heavy atom. The largest absolute Gasteiger partial charge is 0.385 e. The van der Waals surface area contributed by atoms with Gasteiger partial charge in [-0.05, 0) is 36.2 Å². The number of hydrogen-bond acceptors (Lipinski definition) is 3. The van der Waals surface area contributed by atoms with Gasteiger partial charge in [0.25, 0.3) is 0 Å². The molecule has 1 aromatic heterocycles. The predicted octanol–water partition coefficient (Wildman–Crippen LogP) is 4.59. The molecule has 0 aliphatic heterocycles. The van der Waals surface area contributed by atoms with E-state index in [1.807, 2.05) is 48.7 Å². The minimum atomic E-state index is -0.188. The maximum absolute atomic E-state index is 14.1. The third-order valence-corrected chi connectivity index (χ3v) is 4.96. The molecule has 29 heavy (non-hydrogen) atoms. The summed E-state index contributed by atoms with van der Waals surface area (Å²) < 4.78 is 21.4. The second-order valence-electron chi connectivity index (χ2n) is 7.04. The molecule has 0 aliphatic carbocycles. The lowest BCUT2D eigenvalue weighted by atomic mass is 10.1. The summed E-state index contributed by atoms with van der Waals surface area (Å²) in [6.07, 6.45) is 2.89. The van der Waals surface area contributed by atoms with Gasteiger partial charge in [0, 0.05) is 50.8 Å². The molecule has 1 heterocycles. The highest BCUT2D eigenvalue weighted by molar-refractivity contribution is 5.37. The van der Waals surface area contributed by atoms with Gasteiger partial charge in [-0.3, -0.25) is 4.90 Å². The van der Waals surface area contributed by atoms with E-state index in [4.69, 9.17) is 4.74 Å². The zero-order valence-corrected chi connectivity index (χ0v) is 16.7. The van der Waals surface area contributed by atoms with E-state index in [1.54, 1.807) is 13.2 Å². The van der Waals surface area contributed by atoms with Gasteiger partial charge in [-0.25, -0.2) is 4.39 Å². The lowest BCUT2D eigenvalue weighted by Crippen LogP contribution is -2.26. The summed E-state index contributed by atoms with van der Waals surface area (Å²) in [4.78, 5) is 2.31. The van der Waals surface area contributed by atoms with Crippen LogP contribution < -0.4 is 0 Å². The van der Waals surface area contributed by atoms with Gasteiger partial charge in [0.15, 0.2) is 0 Å². The van der Waals surface area contributed by atoms with E-state index >= 15 is 0 Å². The van der Waals surface area contributed by atoms with Gasteiger partial charge in [0.2, 0.25) is 0 Å². The Bertz CT molecular complexity index is 961. The minimum Gasteiger partial charge on any atom is -0.385 e. The normalized spacial score (nSPS) is 11.0. The zero-order valence-electron chi connectivity index (χ0n) is 16.7. The Morgan fingerprint density at radius 3 is 2.52 bits per heavy atom. The molecule has 0 saturated carbocycles. The predicted molar refractivity (Wildman–Crippen MR) is 112 cm³/mol. The molecule has 150 valence electrons. The van der Waals surface area contributed by atoms with Crippen LogP contribution in [0.25, 0.3) is 0 Å². The first-order valence-electron chi connectivity index (χ1n) is 9.78. The van der Waals surface area contributed by atoms with Gasteiger partial charge in [0.05, 0.1) is 18.2 Å². The van der Waals surface area contributed by atoms with Gasteiger partial charge in [-0.15, -0.1) is 0 Å². The SMILES string of the molecule is COCCCN(Cc1ccccc1C#N)Cc1cccn1Cc1ccccc1F. The molecule has 0 N–H and O–H groups in total. The first kappa shape index (κ1) is 20.8. The smallest absolute Gasteiger partial charge is 0.128 e. The Hall–Kier alpha value is -2.94. The quantitative estimate of drug-likeness (QED) is 0.475. The fourth-order valence-corrected chi connectivity index (χ4v) is 3.44. The second kappa shape index (κ2) is 10.6. The number of hydrogen-bond donors (Lipinski definition) is 0. The Labute approximate surface area is 171 Å². The van der Waals surface area contributed by atoms with Crippen molar-refractivity contribution < 1.29 is 9.13 Å². The molecule has 0 fully saturated rings. The van der Waals surface area contributed by atoms with Gasteiger partial charge in [-0.1, -0.05) is 36.4 Å². The highest BCUT2D eigenvalue weighted by Crippen LogP contribution is 2.17. The highest BCUT2D eigenvalue weighted by Gasteiger charge is 2.13. The van der Waals surface area contributed by atoms with Gasteiger partial charge in [0.1, 0.15) is 5.82 Å². The molecule has 3 rings (SSSR count). The number of nitriles is 1. The molecule has 0 spiro atoms. The summed E-state index contributed by atoms with van der Waals surface area (Å²) in [5.41, 5.74) is 3.50. The average Bonchev–Trinajstić information content (AvgIpc) is 3.17. The Balaban J connectivity index is 1.77. The number of benzene rings is 2. The van der Waals surface area contributed by atoms with Gasteiger partial charge < -0.3 is 9.30 Å². The summed E-state index contributed by atoms with van der Waals surface area (Å²) in [5.74, 6) is -0.188. The fraction of sp³-hybridized carbons (Fsp3) is 0.292. The van der Waals surface area contributed by atoms with E-state index < -0.39 is 0 Å². The van der Waals surface area contributed by atoms with Gasteiger partial charge >= 0.3 is 0 Å². The number of nitrogens with zero attached hydrogens (tertiary/aromatic N) is 3. The molecule has 3 aromatic rings. The van der Waals surface area contributed by atoms with Crippen molar-refractivity contribution >= 4 is 0 Å². The van der Waals surface area contributed by atoms with E-state index in [2.05, 4.69) is 21.6 Å². The number of rotatable bonds is 10. The molecule has 0 radical (unpaired) electrons. The molecule has 0 atom stereocenters. The molecule has 5 heteroatoms. The maximum Gasteiger partial charge on any atom is 0.128 e. The first-order valence-corrected chi connectivity index (χ1v) is 9.78. The molecule has 0 amide bonds. The van der Waals surface area contributed by atoms with Crippen molar-refractivity contribution in [2.45, 2.75) is 26.1 Å². The van der Waals surface area contributed by atoms with E-state index in [-0.39, 0.29) is 5.82 Å². The number of halogens is 1. The summed E-state index contributed by atoms with van der Waals surface area (Å²) >= 11 is 0. The Morgan fingerprint density at radius 1 is 1.00 bits per heavy atom. The molecular weight excluding hydrogens is 365 g/mol. The molecule has 0 saturated heterocycles. The number of methoxy groups -OCH3 is 1. The first-order chi connectivity index (χ1) is 14.2. The average molecular weight is 391 g/mol. The zero-order chi connectivity index (χ0) is 20.5. The van der Waals surface area contributed by atoms with Gasteiger partial charge in [-0.2, -0.15) is 5.26 Å². The molecule has 0 unspecified atom stereocenters. The minimum absolute atomic E-state index is 0.188. The van der Waals surface area contributed by atoms with Crippen molar-refractivity contribution in [3.05, 3.63) is 95.1 Å². The van der Waals surface area contributed by atoms with Crippen molar-refractivity contribution in [1.82, 2.24) is 9.47 Å². The monoisotopic (exact) mass is 391 g/mol. The third-order valence-electron chi connectivity index (χ3n) is 4.96. The summed E-state index contributed by atoms with van der Waals surface area (Å²) in [6.45, 7) is 3.42. The van der Waals surface area contributed by atoms with Crippen molar-refractivity contribution in [2.75, 3.05) is 20.3 Å². The van der Waals surface area contributed by atoms with Crippen LogP contribution in [0.5, 0.6) is 0 Å². The van der Waals surface area contributed by atoms with Crippen LogP contribution in [0.3, 0.4) is 0 Å². The molecule has 0 aliphatic rings. The standard InChI is InChI=1S/C24H26FN3O/c1-29-15-7-13-27(17-21-9-3-2-8-20(21)16-26)19-23-11-6-14-28(23)18-22-10-4-5-12-24(22)25/h2-6,8-12,14H,7,13,15,17-19H2,1H3. The van der Waals surface area contributed by atoms with Crippen molar-refractivity contribution in [2.24, 2.45) is 0 Å². The third kappa shape index (κ3) is 5.77.